The van der Waals surface area contributed by atoms with Gasteiger partial charge in [0.25, 0.3) is 0 Å². The van der Waals surface area contributed by atoms with Crippen molar-refractivity contribution in [3.8, 4) is 5.75 Å². The molecule has 8 heteroatoms. The Labute approximate surface area is 187 Å². The van der Waals surface area contributed by atoms with Gasteiger partial charge in [0.2, 0.25) is 0 Å². The van der Waals surface area contributed by atoms with Crippen LogP contribution in [0.3, 0.4) is 0 Å². The molecule has 0 aliphatic heterocycles. The number of carbonyl (C=O) groups excluding carboxylic acids is 1. The topological polar surface area (TPSA) is 96.2 Å². The Hall–Kier alpha value is -1.61. The average Bonchev–Trinajstić information content (AvgIpc) is 3.00. The van der Waals surface area contributed by atoms with Crippen molar-refractivity contribution in [2.75, 3.05) is 19.5 Å². The zero-order valence-corrected chi connectivity index (χ0v) is 18.9. The van der Waals surface area contributed by atoms with Crippen LogP contribution in [0.15, 0.2) is 36.4 Å². The highest BCUT2D eigenvalue weighted by Gasteiger charge is 2.42. The Morgan fingerprint density at radius 3 is 2.65 bits per heavy atom. The summed E-state index contributed by atoms with van der Waals surface area (Å²) in [4.78, 5) is 11.1. The molecule has 0 heterocycles. The number of ether oxygens (including phenoxy) is 2. The Morgan fingerprint density at radius 1 is 1.26 bits per heavy atom. The minimum atomic E-state index is -1.14. The second-order valence-corrected chi connectivity index (χ2v) is 9.43. The molecule has 1 aromatic carbocycles. The summed E-state index contributed by atoms with van der Waals surface area (Å²) in [7, 11) is 1.34. The molecule has 3 unspecified atom stereocenters. The van der Waals surface area contributed by atoms with Gasteiger partial charge in [0.05, 0.1) is 19.3 Å². The average molecular weight is 457 g/mol. The third-order valence-corrected chi connectivity index (χ3v) is 7.18. The molecule has 0 bridgehead atoms. The van der Waals surface area contributed by atoms with Crippen molar-refractivity contribution in [3.63, 3.8) is 0 Å². The number of carbonyl (C=O) groups is 1. The number of thioether (sulfide) groups is 1. The number of allylic oxidation sites excluding steroid dienone is 1. The highest BCUT2D eigenvalue weighted by atomic mass is 32.2. The summed E-state index contributed by atoms with van der Waals surface area (Å²) in [6.07, 6.45) is 5.55. The first-order valence-electron chi connectivity index (χ1n) is 10.5. The molecule has 174 valence electrons. The summed E-state index contributed by atoms with van der Waals surface area (Å²) in [5, 5.41) is 31.3. The van der Waals surface area contributed by atoms with Crippen LogP contribution in [-0.4, -0.2) is 63.8 Å². The fraction of sp³-hybridized carbons (Fsp3) is 0.609. The van der Waals surface area contributed by atoms with Gasteiger partial charge in [0, 0.05) is 23.5 Å². The molecule has 1 saturated carbocycles. The predicted octanol–water partition coefficient (Wildman–Crippen LogP) is 3.09. The highest BCUT2D eigenvalue weighted by Crippen LogP contribution is 2.39. The lowest BCUT2D eigenvalue weighted by Crippen LogP contribution is -2.37. The van der Waals surface area contributed by atoms with E-state index in [9.17, 15) is 24.5 Å². The molecule has 31 heavy (non-hydrogen) atoms. The number of benzene rings is 1. The smallest absolute Gasteiger partial charge is 0.330 e. The zero-order chi connectivity index (χ0) is 22.9. The number of hydrogen-bond donors (Lipinski definition) is 3. The van der Waals surface area contributed by atoms with E-state index in [2.05, 4.69) is 4.74 Å². The normalized spacial score (nSPS) is 25.5. The van der Waals surface area contributed by atoms with Crippen LogP contribution in [0.4, 0.5) is 4.39 Å². The summed E-state index contributed by atoms with van der Waals surface area (Å²) >= 11 is 1.45. The van der Waals surface area contributed by atoms with Crippen LogP contribution in [0.2, 0.25) is 0 Å². The van der Waals surface area contributed by atoms with Crippen LogP contribution in [0.25, 0.3) is 0 Å². The van der Waals surface area contributed by atoms with Gasteiger partial charge in [0.1, 0.15) is 23.8 Å². The first-order valence-corrected chi connectivity index (χ1v) is 11.6. The maximum atomic E-state index is 13.0. The van der Waals surface area contributed by atoms with Crippen LogP contribution in [0.1, 0.15) is 39.0 Å². The zero-order valence-electron chi connectivity index (χ0n) is 18.1. The number of aliphatic hydroxyl groups excluding tert-OH is 2. The lowest BCUT2D eigenvalue weighted by molar-refractivity contribution is -0.134. The van der Waals surface area contributed by atoms with Gasteiger partial charge in [-0.1, -0.05) is 12.5 Å². The molecule has 1 aliphatic rings. The number of halogens is 1. The van der Waals surface area contributed by atoms with E-state index in [4.69, 9.17) is 4.74 Å². The molecule has 6 nitrogen and oxygen atoms in total. The molecular formula is C23H33FO6S. The third-order valence-electron chi connectivity index (χ3n) is 5.34. The lowest BCUT2D eigenvalue weighted by Gasteiger charge is -2.28. The quantitative estimate of drug-likeness (QED) is 0.253. The highest BCUT2D eigenvalue weighted by molar-refractivity contribution is 8.00. The number of esters is 1. The molecule has 0 saturated heterocycles. The van der Waals surface area contributed by atoms with E-state index in [0.29, 0.717) is 17.9 Å². The predicted molar refractivity (Wildman–Crippen MR) is 119 cm³/mol. The van der Waals surface area contributed by atoms with E-state index in [1.165, 1.54) is 49.2 Å². The van der Waals surface area contributed by atoms with Crippen molar-refractivity contribution in [2.45, 2.75) is 62.1 Å². The fourth-order valence-corrected chi connectivity index (χ4v) is 5.16. The molecule has 1 aromatic rings. The van der Waals surface area contributed by atoms with Crippen LogP contribution in [0.5, 0.6) is 5.75 Å². The number of hydrogen-bond acceptors (Lipinski definition) is 7. The maximum absolute atomic E-state index is 13.0. The van der Waals surface area contributed by atoms with E-state index in [-0.39, 0.29) is 29.6 Å². The summed E-state index contributed by atoms with van der Waals surface area (Å²) < 4.78 is 23.1. The van der Waals surface area contributed by atoms with Crippen LogP contribution >= 0.6 is 11.8 Å². The molecule has 5 atom stereocenters. The molecule has 2 rings (SSSR count). The summed E-state index contributed by atoms with van der Waals surface area (Å²) in [6, 6.07) is 5.61. The van der Waals surface area contributed by atoms with Gasteiger partial charge >= 0.3 is 5.97 Å². The first kappa shape index (κ1) is 25.6. The van der Waals surface area contributed by atoms with Gasteiger partial charge < -0.3 is 24.8 Å². The van der Waals surface area contributed by atoms with Crippen molar-refractivity contribution >= 4 is 17.7 Å². The summed E-state index contributed by atoms with van der Waals surface area (Å²) in [5.41, 5.74) is -1.14. The fourth-order valence-electron chi connectivity index (χ4n) is 3.63. The van der Waals surface area contributed by atoms with Crippen molar-refractivity contribution in [1.82, 2.24) is 0 Å². The van der Waals surface area contributed by atoms with Crippen LogP contribution < -0.4 is 4.74 Å². The number of rotatable bonds is 12. The van der Waals surface area contributed by atoms with Crippen molar-refractivity contribution in [3.05, 3.63) is 42.2 Å². The minimum absolute atomic E-state index is 0.0359. The standard InChI is InChI=1S/C23H33FO6S/c1-23(28,14-30-17-11-9-16(24)10-12-17)15-31-22-18(19(25)13-20(22)26)7-5-3-4-6-8-21(27)29-2/h6,8-12,18-20,22,25-26,28H,3-5,7,13-15H2,1-2H3/t18-,19?,20?,22+,23?/m0/s1. The summed E-state index contributed by atoms with van der Waals surface area (Å²) in [5.74, 6) is 0.0249. The van der Waals surface area contributed by atoms with Crippen LogP contribution in [0, 0.1) is 11.7 Å². The number of unbranched alkanes of at least 4 members (excludes halogenated alkanes) is 2. The van der Waals surface area contributed by atoms with Gasteiger partial charge in [-0.3, -0.25) is 0 Å². The van der Waals surface area contributed by atoms with Crippen molar-refractivity contribution < 1.29 is 34.0 Å². The second kappa shape index (κ2) is 12.4. The maximum Gasteiger partial charge on any atom is 0.330 e. The molecule has 3 N–H and O–H groups in total. The Morgan fingerprint density at radius 2 is 1.97 bits per heavy atom. The van der Waals surface area contributed by atoms with E-state index < -0.39 is 17.8 Å². The van der Waals surface area contributed by atoms with E-state index >= 15 is 0 Å². The molecule has 0 amide bonds. The van der Waals surface area contributed by atoms with Gasteiger partial charge in [-0.15, -0.1) is 0 Å². The Bertz CT molecular complexity index is 709. The number of aliphatic hydroxyl groups is 3. The molecule has 0 aromatic heterocycles. The summed E-state index contributed by atoms with van der Waals surface area (Å²) in [6.45, 7) is 1.69. The van der Waals surface area contributed by atoms with Gasteiger partial charge in [0.15, 0.2) is 0 Å². The SMILES string of the molecule is COC(=O)C=CCCCC[C@H]1C(O)CC(O)[C@@H]1SCC(C)(O)COc1ccc(F)cc1. The molecular weight excluding hydrogens is 423 g/mol. The Kier molecular flexibility index (Phi) is 10.3. The monoisotopic (exact) mass is 456 g/mol. The molecule has 1 fully saturated rings. The minimum Gasteiger partial charge on any atom is -0.491 e. The van der Waals surface area contributed by atoms with Gasteiger partial charge in [-0.2, -0.15) is 11.8 Å². The van der Waals surface area contributed by atoms with Gasteiger partial charge in [-0.05, 0) is 56.4 Å². The third kappa shape index (κ3) is 8.80. The van der Waals surface area contributed by atoms with Crippen molar-refractivity contribution in [2.24, 2.45) is 5.92 Å². The first-order chi connectivity index (χ1) is 14.7. The second-order valence-electron chi connectivity index (χ2n) is 8.26. The van der Waals surface area contributed by atoms with Gasteiger partial charge in [-0.25, -0.2) is 9.18 Å². The Balaban J connectivity index is 1.78. The van der Waals surface area contributed by atoms with Crippen molar-refractivity contribution in [1.29, 1.82) is 0 Å². The van der Waals surface area contributed by atoms with E-state index in [1.54, 1.807) is 13.0 Å². The molecule has 0 radical (unpaired) electrons. The van der Waals surface area contributed by atoms with Crippen LogP contribution in [-0.2, 0) is 9.53 Å². The lowest BCUT2D eigenvalue weighted by atomic mass is 9.97. The molecule has 1 aliphatic carbocycles. The largest absolute Gasteiger partial charge is 0.491 e. The molecule has 0 spiro atoms. The van der Waals surface area contributed by atoms with E-state index in [1.807, 2.05) is 0 Å². The van der Waals surface area contributed by atoms with E-state index in [0.717, 1.165) is 25.7 Å². The number of methoxy groups -OCH3 is 1.